The molecule has 8 nitrogen and oxygen atoms in total. The fraction of sp³-hybridized carbons (Fsp3) is 0.727. The predicted octanol–water partition coefficient (Wildman–Crippen LogP) is -0.787. The molecule has 9 heteroatoms. The van der Waals surface area contributed by atoms with Gasteiger partial charge in [0.2, 0.25) is 0 Å². The molecule has 3 N–H and O–H groups in total. The minimum atomic E-state index is -3.65. The van der Waals surface area contributed by atoms with E-state index in [0.717, 1.165) is 0 Å². The molecule has 1 fully saturated rings. The van der Waals surface area contributed by atoms with Gasteiger partial charge >= 0.3 is 0 Å². The zero-order valence-corrected chi connectivity index (χ0v) is 12.4. The van der Waals surface area contributed by atoms with E-state index in [2.05, 4.69) is 20.2 Å². The number of methoxy groups -OCH3 is 1. The summed E-state index contributed by atoms with van der Waals surface area (Å²) in [4.78, 5) is 0. The first-order chi connectivity index (χ1) is 9.53. The molecule has 1 aliphatic heterocycles. The molecule has 1 aromatic heterocycles. The minimum absolute atomic E-state index is 0.0806. The van der Waals surface area contributed by atoms with Gasteiger partial charge in [0.25, 0.3) is 10.0 Å². The normalized spacial score (nSPS) is 23.3. The fourth-order valence-electron chi connectivity index (χ4n) is 2.11. The van der Waals surface area contributed by atoms with Gasteiger partial charge in [0, 0.05) is 38.8 Å². The highest BCUT2D eigenvalue weighted by Gasteiger charge is 2.36. The molecular weight excluding hydrogens is 284 g/mol. The topological polar surface area (TPSA) is 105 Å². The van der Waals surface area contributed by atoms with Crippen LogP contribution in [-0.4, -0.2) is 58.1 Å². The van der Waals surface area contributed by atoms with E-state index in [4.69, 9.17) is 9.47 Å². The summed E-state index contributed by atoms with van der Waals surface area (Å²) < 4.78 is 37.8. The first-order valence-corrected chi connectivity index (χ1v) is 7.81. The second kappa shape index (κ2) is 6.19. The first-order valence-electron chi connectivity index (χ1n) is 6.32. The molecule has 0 bridgehead atoms. The molecule has 1 atom stereocenters. The highest BCUT2D eigenvalue weighted by molar-refractivity contribution is 7.89. The number of hydrogen-bond donors (Lipinski definition) is 3. The molecule has 0 radical (unpaired) electrons. The van der Waals surface area contributed by atoms with Gasteiger partial charge in [-0.25, -0.2) is 13.1 Å². The number of nitrogens with zero attached hydrogens (tertiary/aromatic N) is 1. The summed E-state index contributed by atoms with van der Waals surface area (Å²) in [6, 6.07) is 0. The Bertz CT molecular complexity index is 536. The van der Waals surface area contributed by atoms with Crippen LogP contribution in [0.5, 0.6) is 0 Å². The Morgan fingerprint density at radius 2 is 2.40 bits per heavy atom. The lowest BCUT2D eigenvalue weighted by molar-refractivity contribution is -0.0120. The molecule has 0 spiro atoms. The zero-order chi connectivity index (χ0) is 14.6. The summed E-state index contributed by atoms with van der Waals surface area (Å²) >= 11 is 0. The molecule has 114 valence electrons. The summed E-state index contributed by atoms with van der Waals surface area (Å²) in [6.45, 7) is 1.55. The Kier molecular flexibility index (Phi) is 4.76. The van der Waals surface area contributed by atoms with Crippen LogP contribution in [-0.2, 0) is 26.0 Å². The van der Waals surface area contributed by atoms with Crippen LogP contribution in [0.2, 0.25) is 0 Å². The largest absolute Gasteiger partial charge is 0.378 e. The van der Waals surface area contributed by atoms with Gasteiger partial charge in [-0.3, -0.25) is 5.10 Å². The van der Waals surface area contributed by atoms with Crippen molar-refractivity contribution in [1.29, 1.82) is 0 Å². The maximum atomic E-state index is 12.3. The number of H-pyrrole nitrogens is 1. The third-order valence-electron chi connectivity index (χ3n) is 3.40. The van der Waals surface area contributed by atoms with Crippen molar-refractivity contribution in [2.75, 3.05) is 33.9 Å². The molecule has 1 saturated heterocycles. The summed E-state index contributed by atoms with van der Waals surface area (Å²) in [5, 5.41) is 9.29. The van der Waals surface area contributed by atoms with E-state index in [1.54, 1.807) is 14.2 Å². The van der Waals surface area contributed by atoms with Crippen LogP contribution >= 0.6 is 0 Å². The van der Waals surface area contributed by atoms with Crippen LogP contribution in [0.4, 0.5) is 0 Å². The molecule has 1 unspecified atom stereocenters. The van der Waals surface area contributed by atoms with Crippen molar-refractivity contribution in [3.63, 3.8) is 0 Å². The average molecular weight is 304 g/mol. The van der Waals surface area contributed by atoms with Gasteiger partial charge in [-0.2, -0.15) is 5.10 Å². The summed E-state index contributed by atoms with van der Waals surface area (Å²) in [7, 11) is -0.345. The van der Waals surface area contributed by atoms with Gasteiger partial charge in [-0.1, -0.05) is 0 Å². The van der Waals surface area contributed by atoms with Crippen LogP contribution in [0.3, 0.4) is 0 Å². The molecule has 20 heavy (non-hydrogen) atoms. The zero-order valence-electron chi connectivity index (χ0n) is 11.6. The van der Waals surface area contributed by atoms with Crippen LogP contribution < -0.4 is 10.0 Å². The molecule has 2 rings (SSSR count). The van der Waals surface area contributed by atoms with E-state index in [1.807, 2.05) is 0 Å². The van der Waals surface area contributed by atoms with E-state index in [1.165, 1.54) is 6.20 Å². The fourth-order valence-corrected chi connectivity index (χ4v) is 3.35. The van der Waals surface area contributed by atoms with Crippen molar-refractivity contribution < 1.29 is 17.9 Å². The first kappa shape index (κ1) is 15.4. The second-order valence-corrected chi connectivity index (χ2v) is 6.47. The highest BCUT2D eigenvalue weighted by Crippen LogP contribution is 2.22. The number of sulfonamides is 1. The molecule has 0 aromatic carbocycles. The molecule has 0 aliphatic carbocycles. The Balaban J connectivity index is 2.09. The summed E-state index contributed by atoms with van der Waals surface area (Å²) in [6.07, 6.45) is 2.16. The molecule has 1 aromatic rings. The maximum absolute atomic E-state index is 12.3. The maximum Gasteiger partial charge on any atom is 0.257 e. The van der Waals surface area contributed by atoms with Crippen molar-refractivity contribution in [3.05, 3.63) is 11.8 Å². The quantitative estimate of drug-likeness (QED) is 0.610. The van der Waals surface area contributed by atoms with Crippen molar-refractivity contribution in [1.82, 2.24) is 20.2 Å². The van der Waals surface area contributed by atoms with Gasteiger partial charge in [0.05, 0.1) is 12.8 Å². The van der Waals surface area contributed by atoms with Gasteiger partial charge in [-0.15, -0.1) is 0 Å². The monoisotopic (exact) mass is 304 g/mol. The Morgan fingerprint density at radius 1 is 1.60 bits per heavy atom. The number of nitrogens with one attached hydrogen (secondary N) is 3. The van der Waals surface area contributed by atoms with Gasteiger partial charge in [0.1, 0.15) is 5.60 Å². The van der Waals surface area contributed by atoms with Gasteiger partial charge < -0.3 is 14.8 Å². The molecule has 2 heterocycles. The lowest BCUT2D eigenvalue weighted by Gasteiger charge is -2.25. The molecule has 1 aliphatic rings. The predicted molar refractivity (Wildman–Crippen MR) is 71.7 cm³/mol. The lowest BCUT2D eigenvalue weighted by Crippen LogP contribution is -2.45. The van der Waals surface area contributed by atoms with E-state index in [0.29, 0.717) is 31.7 Å². The van der Waals surface area contributed by atoms with E-state index >= 15 is 0 Å². The second-order valence-electron chi connectivity index (χ2n) is 4.77. The number of ether oxygens (including phenoxy) is 2. The van der Waals surface area contributed by atoms with Crippen molar-refractivity contribution >= 4 is 10.0 Å². The van der Waals surface area contributed by atoms with E-state index < -0.39 is 15.6 Å². The number of rotatable bonds is 7. The Hall–Kier alpha value is -1.00. The van der Waals surface area contributed by atoms with Gasteiger partial charge in [0.15, 0.2) is 5.03 Å². The lowest BCUT2D eigenvalue weighted by atomic mass is 10.0. The van der Waals surface area contributed by atoms with Crippen LogP contribution in [0.1, 0.15) is 12.0 Å². The van der Waals surface area contributed by atoms with Crippen LogP contribution in [0, 0.1) is 0 Å². The molecule has 0 saturated carbocycles. The minimum Gasteiger partial charge on any atom is -0.378 e. The van der Waals surface area contributed by atoms with Crippen molar-refractivity contribution in [3.8, 4) is 0 Å². The van der Waals surface area contributed by atoms with Crippen LogP contribution in [0.15, 0.2) is 11.2 Å². The third kappa shape index (κ3) is 3.18. The molecule has 0 amide bonds. The third-order valence-corrected chi connectivity index (χ3v) is 4.81. The summed E-state index contributed by atoms with van der Waals surface area (Å²) in [5.41, 5.74) is 0.00475. The Labute approximate surface area is 118 Å². The van der Waals surface area contributed by atoms with E-state index in [9.17, 15) is 8.42 Å². The SMILES string of the molecule is CNCc1cn[nH]c1S(=O)(=O)NCC1(OC)CCOC1. The Morgan fingerprint density at radius 3 is 3.00 bits per heavy atom. The van der Waals surface area contributed by atoms with Crippen molar-refractivity contribution in [2.24, 2.45) is 0 Å². The van der Waals surface area contributed by atoms with Crippen LogP contribution in [0.25, 0.3) is 0 Å². The van der Waals surface area contributed by atoms with Crippen molar-refractivity contribution in [2.45, 2.75) is 23.6 Å². The standard InChI is InChI=1S/C11H20N4O4S/c1-12-5-9-6-13-15-10(9)20(16,17)14-7-11(18-2)3-4-19-8-11/h6,12,14H,3-5,7-8H2,1-2H3,(H,13,15). The average Bonchev–Trinajstić information content (AvgIpc) is 3.07. The smallest absolute Gasteiger partial charge is 0.257 e. The number of aromatic amines is 1. The number of hydrogen-bond acceptors (Lipinski definition) is 6. The number of aromatic nitrogens is 2. The highest BCUT2D eigenvalue weighted by atomic mass is 32.2. The van der Waals surface area contributed by atoms with E-state index in [-0.39, 0.29) is 11.6 Å². The molecular formula is C11H20N4O4S. The summed E-state index contributed by atoms with van der Waals surface area (Å²) in [5.74, 6) is 0. The van der Waals surface area contributed by atoms with Gasteiger partial charge in [-0.05, 0) is 7.05 Å².